The van der Waals surface area contributed by atoms with Gasteiger partial charge < -0.3 is 9.64 Å². The number of hydrogen-bond donors (Lipinski definition) is 0. The highest BCUT2D eigenvalue weighted by atomic mass is 32.2. The first-order chi connectivity index (χ1) is 15.4. The van der Waals surface area contributed by atoms with Crippen molar-refractivity contribution in [3.8, 4) is 11.4 Å². The third-order valence-electron chi connectivity index (χ3n) is 6.21. The second kappa shape index (κ2) is 9.62. The van der Waals surface area contributed by atoms with Crippen LogP contribution in [-0.4, -0.2) is 60.5 Å². The Morgan fingerprint density at radius 1 is 1.06 bits per heavy atom. The van der Waals surface area contributed by atoms with E-state index in [2.05, 4.69) is 5.10 Å². The summed E-state index contributed by atoms with van der Waals surface area (Å²) in [6, 6.07) is 7.65. The smallest absolute Gasteiger partial charge is 0.316 e. The maximum absolute atomic E-state index is 13.5. The van der Waals surface area contributed by atoms with Crippen LogP contribution in [-0.2, 0) is 10.0 Å². The van der Waals surface area contributed by atoms with Crippen molar-refractivity contribution >= 4 is 15.7 Å². The molecule has 1 saturated carbocycles. The van der Waals surface area contributed by atoms with E-state index in [0.717, 1.165) is 31.2 Å². The Labute approximate surface area is 189 Å². The lowest BCUT2D eigenvalue weighted by Crippen LogP contribution is -2.49. The zero-order valence-electron chi connectivity index (χ0n) is 18.9. The third kappa shape index (κ3) is 4.83. The van der Waals surface area contributed by atoms with Gasteiger partial charge in [-0.15, -0.1) is 0 Å². The average Bonchev–Trinajstić information content (AvgIpc) is 3.29. The fourth-order valence-corrected chi connectivity index (χ4v) is 5.90. The van der Waals surface area contributed by atoms with Crippen LogP contribution < -0.4 is 15.2 Å². The summed E-state index contributed by atoms with van der Waals surface area (Å²) in [5, 5.41) is 4.44. The molecule has 0 N–H and O–H groups in total. The lowest BCUT2D eigenvalue weighted by molar-refractivity contribution is 0.205. The van der Waals surface area contributed by atoms with E-state index in [1.165, 1.54) is 4.68 Å². The number of piperazine rings is 1. The van der Waals surface area contributed by atoms with Crippen LogP contribution in [0.4, 0.5) is 5.69 Å². The van der Waals surface area contributed by atoms with E-state index in [1.54, 1.807) is 10.5 Å². The SMILES string of the molecule is CCCS(=O)(=O)N1CCN(c2cnn(-c3ccc(C)cc3)c(=O)c2OC2CCCC2)CC1. The Morgan fingerprint density at radius 2 is 1.72 bits per heavy atom. The average molecular weight is 461 g/mol. The molecule has 2 aromatic rings. The van der Waals surface area contributed by atoms with Crippen molar-refractivity contribution in [2.24, 2.45) is 0 Å². The maximum atomic E-state index is 13.5. The highest BCUT2D eigenvalue weighted by Gasteiger charge is 2.30. The zero-order valence-corrected chi connectivity index (χ0v) is 19.7. The summed E-state index contributed by atoms with van der Waals surface area (Å²) >= 11 is 0. The number of benzene rings is 1. The Morgan fingerprint density at radius 3 is 2.34 bits per heavy atom. The summed E-state index contributed by atoms with van der Waals surface area (Å²) in [6.07, 6.45) is 6.40. The van der Waals surface area contributed by atoms with Gasteiger partial charge >= 0.3 is 5.56 Å². The van der Waals surface area contributed by atoms with Crippen LogP contribution in [0, 0.1) is 6.92 Å². The minimum Gasteiger partial charge on any atom is -0.483 e. The van der Waals surface area contributed by atoms with Crippen molar-refractivity contribution in [3.05, 3.63) is 46.4 Å². The minimum atomic E-state index is -3.23. The van der Waals surface area contributed by atoms with Gasteiger partial charge in [0.05, 0.1) is 23.7 Å². The Kier molecular flexibility index (Phi) is 6.85. The first kappa shape index (κ1) is 22.8. The van der Waals surface area contributed by atoms with Crippen molar-refractivity contribution in [1.82, 2.24) is 14.1 Å². The molecule has 2 heterocycles. The van der Waals surface area contributed by atoms with E-state index in [-0.39, 0.29) is 17.4 Å². The first-order valence-corrected chi connectivity index (χ1v) is 13.1. The molecule has 1 aliphatic heterocycles. The van der Waals surface area contributed by atoms with Gasteiger partial charge in [0, 0.05) is 26.2 Å². The van der Waals surface area contributed by atoms with Crippen molar-refractivity contribution < 1.29 is 13.2 Å². The number of anilines is 1. The molecule has 4 rings (SSSR count). The Balaban J connectivity index is 1.63. The molecule has 0 bridgehead atoms. The number of rotatable bonds is 7. The molecule has 1 aromatic carbocycles. The maximum Gasteiger partial charge on any atom is 0.316 e. The molecule has 0 unspecified atom stereocenters. The van der Waals surface area contributed by atoms with Crippen LogP contribution >= 0.6 is 0 Å². The second-order valence-corrected chi connectivity index (χ2v) is 10.7. The number of hydrogen-bond acceptors (Lipinski definition) is 6. The number of nitrogens with zero attached hydrogens (tertiary/aromatic N) is 4. The van der Waals surface area contributed by atoms with Crippen molar-refractivity contribution in [2.45, 2.75) is 52.1 Å². The minimum absolute atomic E-state index is 0.0292. The predicted octanol–water partition coefficient (Wildman–Crippen LogP) is 2.72. The molecule has 8 nitrogen and oxygen atoms in total. The molecular weight excluding hydrogens is 428 g/mol. The normalized spacial score (nSPS) is 18.2. The number of aryl methyl sites for hydroxylation is 1. The molecule has 9 heteroatoms. The van der Waals surface area contributed by atoms with Gasteiger partial charge in [-0.05, 0) is 51.2 Å². The van der Waals surface area contributed by atoms with Gasteiger partial charge in [-0.2, -0.15) is 14.1 Å². The molecule has 1 aromatic heterocycles. The lowest BCUT2D eigenvalue weighted by atomic mass is 10.2. The zero-order chi connectivity index (χ0) is 22.7. The highest BCUT2D eigenvalue weighted by Crippen LogP contribution is 2.30. The monoisotopic (exact) mass is 460 g/mol. The summed E-state index contributed by atoms with van der Waals surface area (Å²) in [6.45, 7) is 5.66. The standard InChI is InChI=1S/C23H32N4O4S/c1-3-16-32(29,30)26-14-12-25(13-15-26)21-17-24-27(19-10-8-18(2)9-11-19)23(28)22(21)31-20-6-4-5-7-20/h8-11,17,20H,3-7,12-16H2,1-2H3. The summed E-state index contributed by atoms with van der Waals surface area (Å²) in [5.74, 6) is 0.481. The van der Waals surface area contributed by atoms with E-state index >= 15 is 0 Å². The molecule has 174 valence electrons. The van der Waals surface area contributed by atoms with Gasteiger partial charge in [0.25, 0.3) is 0 Å². The van der Waals surface area contributed by atoms with Crippen LogP contribution in [0.1, 0.15) is 44.6 Å². The molecule has 0 amide bonds. The summed E-state index contributed by atoms with van der Waals surface area (Å²) in [7, 11) is -3.23. The molecule has 2 aliphatic rings. The van der Waals surface area contributed by atoms with E-state index in [9.17, 15) is 13.2 Å². The fourth-order valence-electron chi connectivity index (χ4n) is 4.40. The molecule has 0 spiro atoms. The van der Waals surface area contributed by atoms with Crippen molar-refractivity contribution in [3.63, 3.8) is 0 Å². The van der Waals surface area contributed by atoms with Gasteiger partial charge in [0.1, 0.15) is 5.69 Å². The van der Waals surface area contributed by atoms with Crippen LogP contribution in [0.5, 0.6) is 5.75 Å². The van der Waals surface area contributed by atoms with E-state index in [0.29, 0.717) is 49.7 Å². The molecule has 0 radical (unpaired) electrons. The fraction of sp³-hybridized carbons (Fsp3) is 0.565. The van der Waals surface area contributed by atoms with Crippen LogP contribution in [0.3, 0.4) is 0 Å². The summed E-state index contributed by atoms with van der Waals surface area (Å²) in [5.41, 5.74) is 2.17. The quantitative estimate of drug-likeness (QED) is 0.632. The third-order valence-corrected chi connectivity index (χ3v) is 8.29. The molecule has 0 atom stereocenters. The highest BCUT2D eigenvalue weighted by molar-refractivity contribution is 7.89. The predicted molar refractivity (Wildman–Crippen MR) is 125 cm³/mol. The number of sulfonamides is 1. The van der Waals surface area contributed by atoms with Gasteiger partial charge in [-0.1, -0.05) is 24.6 Å². The largest absolute Gasteiger partial charge is 0.483 e. The van der Waals surface area contributed by atoms with Gasteiger partial charge in [0.2, 0.25) is 15.8 Å². The second-order valence-electron chi connectivity index (χ2n) is 8.64. The molecule has 32 heavy (non-hydrogen) atoms. The Bertz CT molecular complexity index is 1080. The molecule has 1 saturated heterocycles. The van der Waals surface area contributed by atoms with Crippen LogP contribution in [0.25, 0.3) is 5.69 Å². The van der Waals surface area contributed by atoms with E-state index in [1.807, 2.05) is 43.0 Å². The van der Waals surface area contributed by atoms with Gasteiger partial charge in [0.15, 0.2) is 0 Å². The van der Waals surface area contributed by atoms with Crippen molar-refractivity contribution in [2.75, 3.05) is 36.8 Å². The molecule has 2 fully saturated rings. The lowest BCUT2D eigenvalue weighted by Gasteiger charge is -2.36. The van der Waals surface area contributed by atoms with Crippen molar-refractivity contribution in [1.29, 1.82) is 0 Å². The van der Waals surface area contributed by atoms with Gasteiger partial charge in [-0.3, -0.25) is 4.79 Å². The van der Waals surface area contributed by atoms with E-state index in [4.69, 9.17) is 4.74 Å². The Hall–Kier alpha value is -2.39. The number of aromatic nitrogens is 2. The van der Waals surface area contributed by atoms with Gasteiger partial charge in [-0.25, -0.2) is 8.42 Å². The summed E-state index contributed by atoms with van der Waals surface area (Å²) < 4.78 is 34.0. The van der Waals surface area contributed by atoms with Crippen LogP contribution in [0.2, 0.25) is 0 Å². The summed E-state index contributed by atoms with van der Waals surface area (Å²) in [4.78, 5) is 15.5. The first-order valence-electron chi connectivity index (χ1n) is 11.5. The van der Waals surface area contributed by atoms with E-state index < -0.39 is 10.0 Å². The molecule has 1 aliphatic carbocycles. The van der Waals surface area contributed by atoms with Crippen LogP contribution in [0.15, 0.2) is 35.3 Å². The topological polar surface area (TPSA) is 84.7 Å². The number of ether oxygens (including phenoxy) is 1. The molecular formula is C23H32N4O4S.